The third-order valence-corrected chi connectivity index (χ3v) is 11.5. The molecular weight excluding hydrogens is 605 g/mol. The monoisotopic (exact) mass is 664 g/mol. The van der Waals surface area contributed by atoms with E-state index in [4.69, 9.17) is 0 Å². The first kappa shape index (κ1) is 36.1. The Labute approximate surface area is 303 Å². The van der Waals surface area contributed by atoms with E-state index in [1.165, 1.54) is 55.6 Å². The maximum atomic E-state index is 2.56. The molecule has 2 atom stereocenters. The van der Waals surface area contributed by atoms with Crippen molar-refractivity contribution in [1.82, 2.24) is 9.80 Å². The Bertz CT molecular complexity index is 1750. The van der Waals surface area contributed by atoms with Crippen molar-refractivity contribution in [2.75, 3.05) is 28.2 Å². The molecule has 262 valence electrons. The summed E-state index contributed by atoms with van der Waals surface area (Å²) in [6.07, 6.45) is 7.42. The van der Waals surface area contributed by atoms with Gasteiger partial charge in [0.2, 0.25) is 0 Å². The van der Waals surface area contributed by atoms with Crippen LogP contribution in [-0.4, -0.2) is 44.2 Å². The summed E-state index contributed by atoms with van der Waals surface area (Å²) < 4.78 is 0. The van der Waals surface area contributed by atoms with Crippen molar-refractivity contribution in [1.29, 1.82) is 0 Å². The third kappa shape index (κ3) is 6.58. The number of hydrogen-bond acceptors (Lipinski definition) is 2. The van der Waals surface area contributed by atoms with Crippen LogP contribution in [0.2, 0.25) is 0 Å². The first-order valence-corrected chi connectivity index (χ1v) is 18.9. The molecule has 0 N–H and O–H groups in total. The summed E-state index contributed by atoms with van der Waals surface area (Å²) in [4.78, 5) is 4.93. The van der Waals surface area contributed by atoms with Gasteiger partial charge in [0.15, 0.2) is 0 Å². The molecule has 4 aromatic carbocycles. The van der Waals surface area contributed by atoms with Crippen molar-refractivity contribution < 1.29 is 0 Å². The summed E-state index contributed by atoms with van der Waals surface area (Å²) in [5.74, 6) is 0.926. The second-order valence-electron chi connectivity index (χ2n) is 17.3. The lowest BCUT2D eigenvalue weighted by Gasteiger charge is -2.45. The standard InChI is InChI=1S/C48H60N2/c1-13-31-29-41-37(33-21-25-35(26-22-33)47(3,4)5)17-15-19-39(41)43(31)45(46(49(9)10)50(11)12)44-32(14-2)30-42-38(18-16-20-40(42)44)34-23-27-36(28-24-34)48(6,7)8/h15-30,43-46H,13-14H2,1-12H3. The van der Waals surface area contributed by atoms with Crippen LogP contribution in [-0.2, 0) is 10.8 Å². The number of hydrogen-bond donors (Lipinski definition) is 0. The molecule has 0 saturated carbocycles. The predicted octanol–water partition coefficient (Wildman–Crippen LogP) is 12.2. The highest BCUT2D eigenvalue weighted by Crippen LogP contribution is 2.56. The zero-order valence-corrected chi connectivity index (χ0v) is 32.9. The first-order valence-electron chi connectivity index (χ1n) is 18.9. The molecule has 0 bridgehead atoms. The molecule has 0 radical (unpaired) electrons. The van der Waals surface area contributed by atoms with E-state index in [-0.39, 0.29) is 17.0 Å². The fraction of sp³-hybridized carbons (Fsp3) is 0.417. The van der Waals surface area contributed by atoms with Crippen molar-refractivity contribution in [2.24, 2.45) is 5.92 Å². The van der Waals surface area contributed by atoms with Gasteiger partial charge < -0.3 is 0 Å². The average Bonchev–Trinajstić information content (AvgIpc) is 3.64. The maximum absolute atomic E-state index is 2.56. The van der Waals surface area contributed by atoms with Gasteiger partial charge in [-0.05, 0) is 107 Å². The second kappa shape index (κ2) is 13.8. The summed E-state index contributed by atoms with van der Waals surface area (Å²) >= 11 is 0. The molecular formula is C48H60N2. The molecule has 2 nitrogen and oxygen atoms in total. The van der Waals surface area contributed by atoms with Gasteiger partial charge in [0, 0.05) is 17.8 Å². The van der Waals surface area contributed by atoms with E-state index in [9.17, 15) is 0 Å². The van der Waals surface area contributed by atoms with Crippen molar-refractivity contribution in [3.63, 3.8) is 0 Å². The summed E-state index contributed by atoms with van der Waals surface area (Å²) in [6.45, 7) is 18.5. The maximum Gasteiger partial charge on any atom is 0.0659 e. The summed E-state index contributed by atoms with van der Waals surface area (Å²) in [6, 6.07) is 32.8. The summed E-state index contributed by atoms with van der Waals surface area (Å²) in [5.41, 5.74) is 17.2. The number of nitrogens with zero attached hydrogens (tertiary/aromatic N) is 2. The van der Waals surface area contributed by atoms with Gasteiger partial charge in [0.25, 0.3) is 0 Å². The van der Waals surface area contributed by atoms with Gasteiger partial charge in [-0.3, -0.25) is 9.80 Å². The lowest BCUT2D eigenvalue weighted by molar-refractivity contribution is 0.0536. The van der Waals surface area contributed by atoms with Gasteiger partial charge in [-0.1, -0.05) is 164 Å². The number of allylic oxidation sites excluding steroid dienone is 2. The van der Waals surface area contributed by atoms with Crippen LogP contribution in [0.15, 0.2) is 96.1 Å². The highest BCUT2D eigenvalue weighted by Gasteiger charge is 2.46. The molecule has 2 heteroatoms. The molecule has 2 unspecified atom stereocenters. The quantitative estimate of drug-likeness (QED) is 0.164. The fourth-order valence-corrected chi connectivity index (χ4v) is 9.02. The Morgan fingerprint density at radius 1 is 0.520 bits per heavy atom. The predicted molar refractivity (Wildman–Crippen MR) is 218 cm³/mol. The van der Waals surface area contributed by atoms with Crippen LogP contribution in [0.1, 0.15) is 113 Å². The first-order chi connectivity index (χ1) is 23.6. The SMILES string of the molecule is CCC1=Cc2c(-c3ccc(C(C)(C)C)cc3)cccc2C1C(C1C(CC)=Cc2c(-c3ccc(C(C)(C)C)cc3)cccc21)C(N(C)C)N(C)C. The molecule has 0 heterocycles. The summed E-state index contributed by atoms with van der Waals surface area (Å²) in [7, 11) is 9.09. The Kier molecular flexibility index (Phi) is 9.94. The van der Waals surface area contributed by atoms with Gasteiger partial charge >= 0.3 is 0 Å². The van der Waals surface area contributed by atoms with E-state index in [1.807, 2.05) is 0 Å². The van der Waals surface area contributed by atoms with Gasteiger partial charge in [-0.2, -0.15) is 0 Å². The Hall–Kier alpha value is -3.72. The van der Waals surface area contributed by atoms with E-state index < -0.39 is 0 Å². The van der Waals surface area contributed by atoms with Crippen LogP contribution < -0.4 is 0 Å². The van der Waals surface area contributed by atoms with E-state index in [0.29, 0.717) is 17.8 Å². The molecule has 2 aliphatic rings. The Morgan fingerprint density at radius 2 is 0.880 bits per heavy atom. The molecule has 50 heavy (non-hydrogen) atoms. The normalized spacial score (nSPS) is 18.1. The minimum Gasteiger partial charge on any atom is -0.294 e. The molecule has 2 aliphatic carbocycles. The zero-order chi connectivity index (χ0) is 36.1. The average molecular weight is 665 g/mol. The van der Waals surface area contributed by atoms with E-state index in [0.717, 1.165) is 12.8 Å². The Balaban J connectivity index is 1.51. The highest BCUT2D eigenvalue weighted by molar-refractivity contribution is 5.84. The van der Waals surface area contributed by atoms with Crippen LogP contribution in [0.4, 0.5) is 0 Å². The molecule has 0 amide bonds. The fourth-order valence-electron chi connectivity index (χ4n) is 9.02. The number of benzene rings is 4. The smallest absolute Gasteiger partial charge is 0.0659 e. The minimum atomic E-state index is 0.135. The van der Waals surface area contributed by atoms with Crippen molar-refractivity contribution in [2.45, 2.75) is 97.1 Å². The van der Waals surface area contributed by atoms with E-state index in [1.54, 1.807) is 11.1 Å². The molecule has 6 rings (SSSR count). The van der Waals surface area contributed by atoms with Crippen molar-refractivity contribution in [3.8, 4) is 22.3 Å². The van der Waals surface area contributed by atoms with E-state index >= 15 is 0 Å². The third-order valence-electron chi connectivity index (χ3n) is 11.5. The van der Waals surface area contributed by atoms with Gasteiger partial charge in [0.1, 0.15) is 0 Å². The molecule has 0 spiro atoms. The number of fused-ring (bicyclic) bond motifs is 2. The Morgan fingerprint density at radius 3 is 1.18 bits per heavy atom. The van der Waals surface area contributed by atoms with Crippen LogP contribution in [0.25, 0.3) is 34.4 Å². The molecule has 0 aromatic heterocycles. The molecule has 0 saturated heterocycles. The van der Waals surface area contributed by atoms with Gasteiger partial charge in [0.05, 0.1) is 6.17 Å². The number of rotatable bonds is 9. The van der Waals surface area contributed by atoms with Crippen LogP contribution in [0.3, 0.4) is 0 Å². The summed E-state index contributed by atoms with van der Waals surface area (Å²) in [5, 5.41) is 0. The van der Waals surface area contributed by atoms with Crippen molar-refractivity contribution >= 4 is 12.2 Å². The van der Waals surface area contributed by atoms with Crippen molar-refractivity contribution in [3.05, 3.63) is 129 Å². The molecule has 4 aromatic rings. The lowest BCUT2D eigenvalue weighted by atomic mass is 9.69. The zero-order valence-electron chi connectivity index (χ0n) is 32.9. The van der Waals surface area contributed by atoms with Crippen LogP contribution in [0.5, 0.6) is 0 Å². The largest absolute Gasteiger partial charge is 0.294 e. The van der Waals surface area contributed by atoms with Crippen LogP contribution in [0, 0.1) is 5.92 Å². The molecule has 0 aliphatic heterocycles. The van der Waals surface area contributed by atoms with Gasteiger partial charge in [-0.15, -0.1) is 0 Å². The lowest BCUT2D eigenvalue weighted by Crippen LogP contribution is -2.50. The topological polar surface area (TPSA) is 6.48 Å². The van der Waals surface area contributed by atoms with Crippen LogP contribution >= 0.6 is 0 Å². The van der Waals surface area contributed by atoms with E-state index in [2.05, 4.69) is 190 Å². The second-order valence-corrected chi connectivity index (χ2v) is 17.3. The highest BCUT2D eigenvalue weighted by atomic mass is 15.3. The van der Waals surface area contributed by atoms with Gasteiger partial charge in [-0.25, -0.2) is 0 Å². The minimum absolute atomic E-state index is 0.135. The molecule has 0 fully saturated rings.